The number of carbonyl (C=O) groups is 2. The number of pyridine rings is 1. The molecule has 0 aliphatic carbocycles. The second-order valence-corrected chi connectivity index (χ2v) is 7.49. The Bertz CT molecular complexity index is 893. The number of rotatable bonds is 7. The molecule has 1 aromatic heterocycles. The molecule has 2 N–H and O–H groups in total. The lowest BCUT2D eigenvalue weighted by Crippen LogP contribution is -2.56. The SMILES string of the molecule is Cc1cccnc1CCNC(=O)CC1C(=O)NCCN1Cc1ccc(F)cc1Cl. The van der Waals surface area contributed by atoms with E-state index in [1.807, 2.05) is 24.0 Å². The number of aryl methyl sites for hydroxylation is 1. The number of hydrogen-bond acceptors (Lipinski definition) is 4. The van der Waals surface area contributed by atoms with Gasteiger partial charge in [-0.15, -0.1) is 0 Å². The Kier molecular flexibility index (Phi) is 7.17. The van der Waals surface area contributed by atoms with Crippen molar-refractivity contribution >= 4 is 23.4 Å². The maximum absolute atomic E-state index is 13.3. The van der Waals surface area contributed by atoms with Crippen LogP contribution in [0.2, 0.25) is 5.02 Å². The zero-order chi connectivity index (χ0) is 20.8. The average Bonchev–Trinajstić information content (AvgIpc) is 2.68. The first-order chi connectivity index (χ1) is 13.9. The van der Waals surface area contributed by atoms with E-state index >= 15 is 0 Å². The van der Waals surface area contributed by atoms with Gasteiger partial charge in [0.2, 0.25) is 11.8 Å². The molecule has 154 valence electrons. The molecule has 8 heteroatoms. The third-order valence-corrected chi connectivity index (χ3v) is 5.36. The van der Waals surface area contributed by atoms with Crippen molar-refractivity contribution in [1.29, 1.82) is 0 Å². The number of hydrogen-bond donors (Lipinski definition) is 2. The molecule has 0 spiro atoms. The predicted octanol–water partition coefficient (Wildman–Crippen LogP) is 2.23. The van der Waals surface area contributed by atoms with E-state index in [2.05, 4.69) is 15.6 Å². The monoisotopic (exact) mass is 418 g/mol. The molecule has 0 saturated carbocycles. The van der Waals surface area contributed by atoms with Gasteiger partial charge in [0.25, 0.3) is 0 Å². The highest BCUT2D eigenvalue weighted by atomic mass is 35.5. The summed E-state index contributed by atoms with van der Waals surface area (Å²) < 4.78 is 13.3. The van der Waals surface area contributed by atoms with Crippen molar-refractivity contribution in [1.82, 2.24) is 20.5 Å². The molecular weight excluding hydrogens is 395 g/mol. The molecule has 1 unspecified atom stereocenters. The Morgan fingerprint density at radius 2 is 2.24 bits per heavy atom. The molecule has 2 amide bonds. The minimum atomic E-state index is -0.596. The molecular formula is C21H24ClFN4O2. The summed E-state index contributed by atoms with van der Waals surface area (Å²) >= 11 is 6.13. The Morgan fingerprint density at radius 3 is 3.00 bits per heavy atom. The minimum Gasteiger partial charge on any atom is -0.356 e. The zero-order valence-electron chi connectivity index (χ0n) is 16.3. The Balaban J connectivity index is 1.58. The Morgan fingerprint density at radius 1 is 1.41 bits per heavy atom. The summed E-state index contributed by atoms with van der Waals surface area (Å²) in [7, 11) is 0. The van der Waals surface area contributed by atoms with Gasteiger partial charge in [-0.3, -0.25) is 19.5 Å². The molecule has 0 bridgehead atoms. The molecule has 2 heterocycles. The van der Waals surface area contributed by atoms with E-state index in [1.54, 1.807) is 12.3 Å². The largest absolute Gasteiger partial charge is 0.356 e. The van der Waals surface area contributed by atoms with Crippen molar-refractivity contribution in [2.45, 2.75) is 32.4 Å². The highest BCUT2D eigenvalue weighted by Gasteiger charge is 2.31. The number of carbonyl (C=O) groups excluding carboxylic acids is 2. The number of nitrogens with one attached hydrogen (secondary N) is 2. The van der Waals surface area contributed by atoms with Gasteiger partial charge >= 0.3 is 0 Å². The molecule has 1 aliphatic heterocycles. The number of halogens is 2. The maximum atomic E-state index is 13.3. The molecule has 6 nitrogen and oxygen atoms in total. The van der Waals surface area contributed by atoms with Crippen LogP contribution in [0, 0.1) is 12.7 Å². The van der Waals surface area contributed by atoms with Crippen LogP contribution < -0.4 is 10.6 Å². The van der Waals surface area contributed by atoms with Gasteiger partial charge in [0.15, 0.2) is 0 Å². The van der Waals surface area contributed by atoms with Gasteiger partial charge in [0, 0.05) is 49.5 Å². The fraction of sp³-hybridized carbons (Fsp3) is 0.381. The van der Waals surface area contributed by atoms with Gasteiger partial charge < -0.3 is 10.6 Å². The lowest BCUT2D eigenvalue weighted by Gasteiger charge is -2.34. The first-order valence-corrected chi connectivity index (χ1v) is 9.94. The van der Waals surface area contributed by atoms with E-state index in [9.17, 15) is 14.0 Å². The van der Waals surface area contributed by atoms with Gasteiger partial charge in [0.05, 0.1) is 12.5 Å². The van der Waals surface area contributed by atoms with Crippen LogP contribution in [0.1, 0.15) is 23.2 Å². The first kappa shape index (κ1) is 21.2. The van der Waals surface area contributed by atoms with Crippen LogP contribution in [0.15, 0.2) is 36.5 Å². The van der Waals surface area contributed by atoms with E-state index in [0.29, 0.717) is 37.6 Å². The Hall–Kier alpha value is -2.51. The van der Waals surface area contributed by atoms with Crippen molar-refractivity contribution in [2.75, 3.05) is 19.6 Å². The van der Waals surface area contributed by atoms with Crippen LogP contribution in [0.25, 0.3) is 0 Å². The molecule has 29 heavy (non-hydrogen) atoms. The quantitative estimate of drug-likeness (QED) is 0.723. The fourth-order valence-corrected chi connectivity index (χ4v) is 3.62. The van der Waals surface area contributed by atoms with Crippen molar-refractivity contribution in [3.05, 3.63) is 64.2 Å². The third kappa shape index (κ3) is 5.74. The summed E-state index contributed by atoms with van der Waals surface area (Å²) in [5.74, 6) is -0.796. The highest BCUT2D eigenvalue weighted by Crippen LogP contribution is 2.21. The number of aromatic nitrogens is 1. The summed E-state index contributed by atoms with van der Waals surface area (Å²) in [5, 5.41) is 5.98. The van der Waals surface area contributed by atoms with Crippen LogP contribution in [0.5, 0.6) is 0 Å². The summed E-state index contributed by atoms with van der Waals surface area (Å²) in [6, 6.07) is 7.46. The maximum Gasteiger partial charge on any atom is 0.237 e. The second kappa shape index (κ2) is 9.80. The summed E-state index contributed by atoms with van der Waals surface area (Å²) in [4.78, 5) is 31.0. The molecule has 0 radical (unpaired) electrons. The van der Waals surface area contributed by atoms with Gasteiger partial charge in [-0.2, -0.15) is 0 Å². The standard InChI is InChI=1S/C21H24ClFN4O2/c1-14-3-2-7-24-18(14)6-8-25-20(28)12-19-21(29)26-9-10-27(19)13-15-4-5-16(23)11-17(15)22/h2-5,7,11,19H,6,8-10,12-13H2,1H3,(H,25,28)(H,26,29). The lowest BCUT2D eigenvalue weighted by atomic mass is 10.1. The normalized spacial score (nSPS) is 17.1. The van der Waals surface area contributed by atoms with Crippen LogP contribution in [-0.2, 0) is 22.6 Å². The first-order valence-electron chi connectivity index (χ1n) is 9.57. The van der Waals surface area contributed by atoms with Crippen LogP contribution in [-0.4, -0.2) is 47.4 Å². The smallest absolute Gasteiger partial charge is 0.237 e. The summed E-state index contributed by atoms with van der Waals surface area (Å²) in [5.41, 5.74) is 2.74. The zero-order valence-corrected chi connectivity index (χ0v) is 17.0. The minimum absolute atomic E-state index is 0.0475. The van der Waals surface area contributed by atoms with Gasteiger partial charge in [-0.25, -0.2) is 4.39 Å². The molecule has 1 aliphatic rings. The molecule has 1 atom stereocenters. The summed E-state index contributed by atoms with van der Waals surface area (Å²) in [6.07, 6.45) is 2.41. The van der Waals surface area contributed by atoms with Crippen LogP contribution >= 0.6 is 11.6 Å². The van der Waals surface area contributed by atoms with Crippen LogP contribution in [0.3, 0.4) is 0 Å². The van der Waals surface area contributed by atoms with Gasteiger partial charge in [-0.1, -0.05) is 23.7 Å². The number of amides is 2. The summed E-state index contributed by atoms with van der Waals surface area (Å²) in [6.45, 7) is 3.89. The van der Waals surface area contributed by atoms with Crippen molar-refractivity contribution in [3.63, 3.8) is 0 Å². The van der Waals surface area contributed by atoms with Crippen molar-refractivity contribution in [2.24, 2.45) is 0 Å². The topological polar surface area (TPSA) is 74.3 Å². The Labute approximate surface area is 174 Å². The van der Waals surface area contributed by atoms with E-state index in [0.717, 1.165) is 16.8 Å². The second-order valence-electron chi connectivity index (χ2n) is 7.08. The van der Waals surface area contributed by atoms with E-state index in [1.165, 1.54) is 12.1 Å². The van der Waals surface area contributed by atoms with Crippen molar-refractivity contribution < 1.29 is 14.0 Å². The predicted molar refractivity (Wildman–Crippen MR) is 109 cm³/mol. The van der Waals surface area contributed by atoms with E-state index < -0.39 is 11.9 Å². The molecule has 1 saturated heterocycles. The molecule has 3 rings (SSSR count). The lowest BCUT2D eigenvalue weighted by molar-refractivity contribution is -0.134. The highest BCUT2D eigenvalue weighted by molar-refractivity contribution is 6.31. The van der Waals surface area contributed by atoms with Crippen molar-refractivity contribution in [3.8, 4) is 0 Å². The van der Waals surface area contributed by atoms with E-state index in [4.69, 9.17) is 11.6 Å². The number of benzene rings is 1. The molecule has 1 aromatic carbocycles. The third-order valence-electron chi connectivity index (χ3n) is 5.01. The molecule has 2 aromatic rings. The van der Waals surface area contributed by atoms with E-state index in [-0.39, 0.29) is 18.2 Å². The number of nitrogens with zero attached hydrogens (tertiary/aromatic N) is 2. The average molecular weight is 419 g/mol. The van der Waals surface area contributed by atoms with Crippen LogP contribution in [0.4, 0.5) is 4.39 Å². The van der Waals surface area contributed by atoms with Gasteiger partial charge in [0.1, 0.15) is 5.82 Å². The molecule has 1 fully saturated rings. The fourth-order valence-electron chi connectivity index (χ4n) is 3.39. The van der Waals surface area contributed by atoms with Gasteiger partial charge in [-0.05, 0) is 36.2 Å². The number of piperazine rings is 1.